The van der Waals surface area contributed by atoms with Crippen LogP contribution in [0.3, 0.4) is 0 Å². The van der Waals surface area contributed by atoms with Crippen LogP contribution in [0.4, 0.5) is 13.2 Å². The number of aliphatic hydroxyl groups excluding tert-OH is 1. The molecule has 1 rings (SSSR count). The van der Waals surface area contributed by atoms with Gasteiger partial charge in [0.05, 0.1) is 6.10 Å². The van der Waals surface area contributed by atoms with E-state index < -0.39 is 23.9 Å². The van der Waals surface area contributed by atoms with E-state index in [1.807, 2.05) is 0 Å². The van der Waals surface area contributed by atoms with E-state index in [-0.39, 0.29) is 11.7 Å². The van der Waals surface area contributed by atoms with Crippen LogP contribution in [0.25, 0.3) is 0 Å². The van der Waals surface area contributed by atoms with Gasteiger partial charge in [-0.2, -0.15) is 0 Å². The van der Waals surface area contributed by atoms with Gasteiger partial charge in [-0.3, -0.25) is 0 Å². The van der Waals surface area contributed by atoms with Crippen molar-refractivity contribution in [3.8, 4) is 0 Å². The van der Waals surface area contributed by atoms with Gasteiger partial charge in [-0.15, -0.1) is 0 Å². The second kappa shape index (κ2) is 15.7. The molecule has 2 N–H and O–H groups in total. The smallest absolute Gasteiger partial charge is 0.266 e. The van der Waals surface area contributed by atoms with Gasteiger partial charge in [0.1, 0.15) is 5.82 Å². The summed E-state index contributed by atoms with van der Waals surface area (Å²) in [6, 6.07) is 1.52. The van der Waals surface area contributed by atoms with Gasteiger partial charge in [-0.25, -0.2) is 13.2 Å². The molecule has 168 valence electrons. The number of aryl methyl sites for hydroxylation is 1. The van der Waals surface area contributed by atoms with E-state index in [0.717, 1.165) is 51.0 Å². The number of unbranched alkanes of at least 4 members (excludes halogenated alkanes) is 9. The van der Waals surface area contributed by atoms with Crippen molar-refractivity contribution >= 4 is 0 Å². The molecule has 1 aromatic carbocycles. The average molecular weight is 419 g/mol. The molecule has 1 unspecified atom stereocenters. The largest absolute Gasteiger partial charge is 0.346 e. The Kier molecular flexibility index (Phi) is 14.0. The molecule has 0 saturated heterocycles. The third-order valence-electron chi connectivity index (χ3n) is 5.26. The van der Waals surface area contributed by atoms with Crippen LogP contribution in [-0.4, -0.2) is 22.8 Å². The van der Waals surface area contributed by atoms with Crippen LogP contribution in [0.15, 0.2) is 12.1 Å². The first-order chi connectivity index (χ1) is 13.9. The van der Waals surface area contributed by atoms with Crippen molar-refractivity contribution < 1.29 is 28.1 Å². The molecule has 0 aromatic heterocycles. The highest BCUT2D eigenvalue weighted by Crippen LogP contribution is 2.19. The normalized spacial score (nSPS) is 12.7. The summed E-state index contributed by atoms with van der Waals surface area (Å²) in [7, 11) is 0. The van der Waals surface area contributed by atoms with E-state index in [9.17, 15) is 13.2 Å². The maximum Gasteiger partial charge on any atom is 0.266 e. The second-order valence-electron chi connectivity index (χ2n) is 7.80. The Labute approximate surface area is 173 Å². The Bertz CT molecular complexity index is 552. The summed E-state index contributed by atoms with van der Waals surface area (Å²) >= 11 is 0. The minimum absolute atomic E-state index is 0.172. The van der Waals surface area contributed by atoms with Crippen molar-refractivity contribution in [1.82, 2.24) is 0 Å². The van der Waals surface area contributed by atoms with Crippen molar-refractivity contribution in [2.24, 2.45) is 0 Å². The van der Waals surface area contributed by atoms with E-state index in [0.29, 0.717) is 18.9 Å². The minimum Gasteiger partial charge on any atom is -0.346 e. The van der Waals surface area contributed by atoms with Gasteiger partial charge in [-0.1, -0.05) is 71.1 Å². The number of aliphatic hydroxyl groups is 2. The molecule has 0 amide bonds. The molecule has 0 spiro atoms. The lowest BCUT2D eigenvalue weighted by Gasteiger charge is -2.19. The molecule has 0 aliphatic heterocycles. The van der Waals surface area contributed by atoms with Crippen LogP contribution in [0, 0.1) is 17.5 Å². The number of benzene rings is 1. The lowest BCUT2D eigenvalue weighted by Crippen LogP contribution is -2.21. The zero-order valence-electron chi connectivity index (χ0n) is 17.6. The third kappa shape index (κ3) is 12.2. The summed E-state index contributed by atoms with van der Waals surface area (Å²) in [6.45, 7) is 0.448. The van der Waals surface area contributed by atoms with Gasteiger partial charge >= 0.3 is 0 Å². The second-order valence-corrected chi connectivity index (χ2v) is 7.80. The minimum atomic E-state index is -1.75. The van der Waals surface area contributed by atoms with Crippen molar-refractivity contribution in [3.05, 3.63) is 35.1 Å². The van der Waals surface area contributed by atoms with Gasteiger partial charge in [0.15, 0.2) is 11.6 Å². The van der Waals surface area contributed by atoms with Crippen LogP contribution in [0.5, 0.6) is 0 Å². The SMILES string of the molecule is CCCCCCCCCC(CCCCCCc1cc(F)c(F)cc1F)OC(O)O. The highest BCUT2D eigenvalue weighted by Gasteiger charge is 2.13. The van der Waals surface area contributed by atoms with Gasteiger partial charge < -0.3 is 14.9 Å². The molecule has 0 radical (unpaired) electrons. The first kappa shape index (κ1) is 25.9. The molecule has 3 nitrogen and oxygen atoms in total. The average Bonchev–Trinajstić information content (AvgIpc) is 2.66. The molecule has 29 heavy (non-hydrogen) atoms. The van der Waals surface area contributed by atoms with E-state index >= 15 is 0 Å². The van der Waals surface area contributed by atoms with Crippen LogP contribution >= 0.6 is 0 Å². The van der Waals surface area contributed by atoms with Gasteiger partial charge in [0, 0.05) is 6.07 Å². The predicted molar refractivity (Wildman–Crippen MR) is 109 cm³/mol. The van der Waals surface area contributed by atoms with Crippen LogP contribution in [0.2, 0.25) is 0 Å². The number of hydrogen-bond donors (Lipinski definition) is 2. The Balaban J connectivity index is 2.18. The zero-order chi connectivity index (χ0) is 21.5. The lowest BCUT2D eigenvalue weighted by atomic mass is 10.0. The molecule has 6 heteroatoms. The standard InChI is InChI=1S/C23H37F3O3/c1-2-3-4-5-6-7-11-14-19(29-23(27)28)15-12-9-8-10-13-18-16-21(25)22(26)17-20(18)24/h16-17,19,23,27-28H,2-15H2,1H3. The van der Waals surface area contributed by atoms with Crippen molar-refractivity contribution in [1.29, 1.82) is 0 Å². The molecule has 0 aliphatic carbocycles. The summed E-state index contributed by atoms with van der Waals surface area (Å²) in [5.41, 5.74) is 0.201. The summed E-state index contributed by atoms with van der Waals surface area (Å²) in [5.74, 6) is -2.89. The number of rotatable bonds is 17. The molecule has 0 aliphatic rings. The Morgan fingerprint density at radius 1 is 0.724 bits per heavy atom. The Hall–Kier alpha value is -1.11. The fourth-order valence-electron chi connectivity index (χ4n) is 3.58. The molecular formula is C23H37F3O3. The van der Waals surface area contributed by atoms with E-state index in [1.165, 1.54) is 32.1 Å². The van der Waals surface area contributed by atoms with Crippen LogP contribution in [0.1, 0.15) is 96.0 Å². The van der Waals surface area contributed by atoms with Crippen LogP contribution in [-0.2, 0) is 11.2 Å². The zero-order valence-corrected chi connectivity index (χ0v) is 17.6. The Morgan fingerprint density at radius 3 is 1.83 bits per heavy atom. The van der Waals surface area contributed by atoms with Crippen molar-refractivity contribution in [3.63, 3.8) is 0 Å². The van der Waals surface area contributed by atoms with E-state index in [1.54, 1.807) is 0 Å². The molecule has 1 atom stereocenters. The van der Waals surface area contributed by atoms with E-state index in [4.69, 9.17) is 14.9 Å². The maximum absolute atomic E-state index is 13.6. The van der Waals surface area contributed by atoms with Gasteiger partial charge in [0.25, 0.3) is 6.48 Å². The van der Waals surface area contributed by atoms with Gasteiger partial charge in [0.2, 0.25) is 0 Å². The van der Waals surface area contributed by atoms with Crippen molar-refractivity contribution in [2.75, 3.05) is 0 Å². The third-order valence-corrected chi connectivity index (χ3v) is 5.26. The lowest BCUT2D eigenvalue weighted by molar-refractivity contribution is -0.257. The fourth-order valence-corrected chi connectivity index (χ4v) is 3.58. The quantitative estimate of drug-likeness (QED) is 0.175. The first-order valence-corrected chi connectivity index (χ1v) is 11.1. The molecule has 1 aromatic rings. The van der Waals surface area contributed by atoms with Crippen LogP contribution < -0.4 is 0 Å². The first-order valence-electron chi connectivity index (χ1n) is 11.1. The molecule has 0 heterocycles. The fraction of sp³-hybridized carbons (Fsp3) is 0.739. The summed E-state index contributed by atoms with van der Waals surface area (Å²) in [4.78, 5) is 0. The van der Waals surface area contributed by atoms with E-state index in [2.05, 4.69) is 6.92 Å². The van der Waals surface area contributed by atoms with Crippen molar-refractivity contribution in [2.45, 2.75) is 109 Å². The summed E-state index contributed by atoms with van der Waals surface area (Å²) in [5, 5.41) is 18.2. The molecule has 0 bridgehead atoms. The number of hydrogen-bond acceptors (Lipinski definition) is 3. The topological polar surface area (TPSA) is 49.7 Å². The Morgan fingerprint density at radius 2 is 1.24 bits per heavy atom. The number of halogens is 3. The summed E-state index contributed by atoms with van der Waals surface area (Å²) in [6.07, 6.45) is 13.4. The highest BCUT2D eigenvalue weighted by atomic mass is 19.2. The maximum atomic E-state index is 13.6. The highest BCUT2D eigenvalue weighted by molar-refractivity contribution is 5.20. The summed E-state index contributed by atoms with van der Waals surface area (Å²) < 4.78 is 44.9. The number of ether oxygens (including phenoxy) is 1. The molecule has 0 fully saturated rings. The predicted octanol–water partition coefficient (Wildman–Crippen LogP) is 6.39. The monoisotopic (exact) mass is 418 g/mol. The van der Waals surface area contributed by atoms with Gasteiger partial charge in [-0.05, 0) is 37.3 Å². The molecular weight excluding hydrogens is 381 g/mol. The molecule has 0 saturated carbocycles.